The zero-order valence-corrected chi connectivity index (χ0v) is 11.1. The fourth-order valence-electron chi connectivity index (χ4n) is 4.17. The van der Waals surface area contributed by atoms with Crippen LogP contribution in [0.2, 0.25) is 0 Å². The number of nitrogens with zero attached hydrogens (tertiary/aromatic N) is 2. The molecule has 4 nitrogen and oxygen atoms in total. The normalized spacial score (nSPS) is 47.7. The Balaban J connectivity index is 1.64. The van der Waals surface area contributed by atoms with Crippen LogP contribution in [0, 0.1) is 5.92 Å². The highest BCUT2D eigenvalue weighted by Gasteiger charge is 2.69. The molecule has 0 bridgehead atoms. The Morgan fingerprint density at radius 2 is 1.84 bits per heavy atom. The molecular weight excluding hydrogens is 240 g/mol. The lowest BCUT2D eigenvalue weighted by atomic mass is 9.82. The number of para-hydroxylation sites is 1. The van der Waals surface area contributed by atoms with E-state index in [9.17, 15) is 10.2 Å². The Morgan fingerprint density at radius 3 is 2.58 bits per heavy atom. The summed E-state index contributed by atoms with van der Waals surface area (Å²) in [6.45, 7) is 4.83. The first-order valence-corrected chi connectivity index (χ1v) is 7.06. The molecule has 0 saturated carbocycles. The fourth-order valence-corrected chi connectivity index (χ4v) is 4.17. The molecule has 3 aliphatic rings. The molecule has 0 aromatic heterocycles. The zero-order valence-electron chi connectivity index (χ0n) is 11.1. The highest BCUT2D eigenvalue weighted by molar-refractivity contribution is 5.50. The number of rotatable bonds is 1. The average molecular weight is 260 g/mol. The second-order valence-electron chi connectivity index (χ2n) is 6.28. The molecule has 3 saturated heterocycles. The van der Waals surface area contributed by atoms with Gasteiger partial charge in [0.05, 0.1) is 17.7 Å². The Morgan fingerprint density at radius 1 is 1.11 bits per heavy atom. The molecule has 4 rings (SSSR count). The van der Waals surface area contributed by atoms with E-state index < -0.39 is 12.2 Å². The predicted molar refractivity (Wildman–Crippen MR) is 73.1 cm³/mol. The summed E-state index contributed by atoms with van der Waals surface area (Å²) < 4.78 is 0. The minimum atomic E-state index is -0.614. The third-order valence-corrected chi connectivity index (χ3v) is 5.35. The van der Waals surface area contributed by atoms with Crippen LogP contribution in [0.3, 0.4) is 0 Å². The highest BCUT2D eigenvalue weighted by atomic mass is 16.3. The minimum Gasteiger partial charge on any atom is -0.390 e. The van der Waals surface area contributed by atoms with E-state index in [4.69, 9.17) is 0 Å². The average Bonchev–Trinajstić information content (AvgIpc) is 3.02. The van der Waals surface area contributed by atoms with Gasteiger partial charge < -0.3 is 15.1 Å². The van der Waals surface area contributed by atoms with Gasteiger partial charge in [-0.1, -0.05) is 18.2 Å². The van der Waals surface area contributed by atoms with Crippen LogP contribution in [-0.2, 0) is 0 Å². The van der Waals surface area contributed by atoms with Gasteiger partial charge in [0.1, 0.15) is 0 Å². The van der Waals surface area contributed by atoms with Crippen molar-refractivity contribution >= 4 is 5.69 Å². The second-order valence-corrected chi connectivity index (χ2v) is 6.28. The summed E-state index contributed by atoms with van der Waals surface area (Å²) in [5.74, 6) is 0.166. The van der Waals surface area contributed by atoms with Crippen molar-refractivity contribution < 1.29 is 10.2 Å². The second kappa shape index (κ2) is 3.72. The molecule has 3 fully saturated rings. The number of hydrogen-bond donors (Lipinski definition) is 2. The maximum Gasteiger partial charge on any atom is 0.0955 e. The Bertz CT molecular complexity index is 492. The van der Waals surface area contributed by atoms with E-state index in [1.54, 1.807) is 0 Å². The molecule has 0 radical (unpaired) electrons. The molecule has 0 amide bonds. The molecule has 102 valence electrons. The van der Waals surface area contributed by atoms with E-state index in [1.165, 1.54) is 5.69 Å². The van der Waals surface area contributed by atoms with Gasteiger partial charge in [-0.3, -0.25) is 4.90 Å². The van der Waals surface area contributed by atoms with Crippen molar-refractivity contribution in [2.75, 3.05) is 24.5 Å². The Kier molecular flexibility index (Phi) is 2.29. The summed E-state index contributed by atoms with van der Waals surface area (Å²) in [7, 11) is 0. The van der Waals surface area contributed by atoms with Crippen LogP contribution in [0.25, 0.3) is 0 Å². The molecule has 19 heavy (non-hydrogen) atoms. The van der Waals surface area contributed by atoms with E-state index in [0.29, 0.717) is 0 Å². The lowest BCUT2D eigenvalue weighted by Crippen LogP contribution is -2.55. The summed E-state index contributed by atoms with van der Waals surface area (Å²) in [5.41, 5.74) is 1.32. The van der Waals surface area contributed by atoms with Crippen molar-refractivity contribution in [2.24, 2.45) is 5.92 Å². The van der Waals surface area contributed by atoms with Crippen molar-refractivity contribution in [3.8, 4) is 0 Å². The number of benzene rings is 1. The molecule has 1 spiro atoms. The first-order valence-electron chi connectivity index (χ1n) is 7.06. The monoisotopic (exact) mass is 260 g/mol. The third kappa shape index (κ3) is 1.45. The zero-order chi connectivity index (χ0) is 13.2. The van der Waals surface area contributed by atoms with Crippen LogP contribution < -0.4 is 4.90 Å². The lowest BCUT2D eigenvalue weighted by Gasteiger charge is -2.38. The van der Waals surface area contributed by atoms with Gasteiger partial charge in [0.15, 0.2) is 0 Å². The predicted octanol–water partition coefficient (Wildman–Crippen LogP) is 0.301. The molecule has 6 atom stereocenters. The molecule has 1 aromatic rings. The number of hydrogen-bond acceptors (Lipinski definition) is 4. The molecule has 2 N–H and O–H groups in total. The minimum absolute atomic E-state index is 0.0713. The quantitative estimate of drug-likeness (QED) is 0.713. The Labute approximate surface area is 113 Å². The maximum absolute atomic E-state index is 10.4. The van der Waals surface area contributed by atoms with Crippen molar-refractivity contribution in [1.82, 2.24) is 4.90 Å². The van der Waals surface area contributed by atoms with Gasteiger partial charge in [0, 0.05) is 37.3 Å². The van der Waals surface area contributed by atoms with Gasteiger partial charge >= 0.3 is 0 Å². The summed E-state index contributed by atoms with van der Waals surface area (Å²) in [6, 6.07) is 10.4. The molecular formula is C15H20N2O2. The van der Waals surface area contributed by atoms with Gasteiger partial charge in [-0.2, -0.15) is 0 Å². The van der Waals surface area contributed by atoms with Gasteiger partial charge in [0.25, 0.3) is 0 Å². The number of piperidine rings is 1. The molecule has 3 heterocycles. The largest absolute Gasteiger partial charge is 0.390 e. The van der Waals surface area contributed by atoms with Gasteiger partial charge in [-0.25, -0.2) is 0 Å². The summed E-state index contributed by atoms with van der Waals surface area (Å²) >= 11 is 0. The van der Waals surface area contributed by atoms with E-state index in [2.05, 4.69) is 21.9 Å². The van der Waals surface area contributed by atoms with Crippen LogP contribution in [0.4, 0.5) is 5.69 Å². The lowest BCUT2D eigenvalue weighted by molar-refractivity contribution is -0.0779. The topological polar surface area (TPSA) is 46.7 Å². The SMILES string of the molecule is C[C@@H]1[C@@H](O)[C@@H](O)[C@@H]2CN(c3ccccc3)C[C@]23CN13. The molecule has 1 aromatic carbocycles. The molecule has 1 unspecified atom stereocenters. The number of aliphatic hydroxyl groups is 2. The van der Waals surface area contributed by atoms with Crippen LogP contribution in [0.1, 0.15) is 6.92 Å². The van der Waals surface area contributed by atoms with Crippen molar-refractivity contribution in [3.05, 3.63) is 30.3 Å². The summed E-state index contributed by atoms with van der Waals surface area (Å²) in [4.78, 5) is 4.70. The third-order valence-electron chi connectivity index (χ3n) is 5.35. The van der Waals surface area contributed by atoms with Gasteiger partial charge in [0.2, 0.25) is 0 Å². The van der Waals surface area contributed by atoms with Gasteiger partial charge in [-0.15, -0.1) is 0 Å². The van der Waals surface area contributed by atoms with Crippen LogP contribution >= 0.6 is 0 Å². The van der Waals surface area contributed by atoms with E-state index >= 15 is 0 Å². The van der Waals surface area contributed by atoms with Crippen molar-refractivity contribution in [2.45, 2.75) is 30.7 Å². The number of anilines is 1. The first-order chi connectivity index (χ1) is 9.13. The smallest absolute Gasteiger partial charge is 0.0955 e. The molecule has 3 aliphatic heterocycles. The summed E-state index contributed by atoms with van der Waals surface area (Å²) in [6.07, 6.45) is -1.21. The van der Waals surface area contributed by atoms with E-state index in [-0.39, 0.29) is 17.5 Å². The standard InChI is InChI=1S/C15H20N2O2/c1-10-13(18)14(19)12-7-16(8-15(12)9-17(10)15)11-5-3-2-4-6-11/h2-6,10,12-14,18-19H,7-9H2,1H3/t10-,12+,13-,14+,15+,17?/m1/s1. The van der Waals surface area contributed by atoms with Crippen LogP contribution in [-0.4, -0.2) is 58.5 Å². The van der Waals surface area contributed by atoms with Gasteiger partial charge in [-0.05, 0) is 19.1 Å². The van der Waals surface area contributed by atoms with E-state index in [1.807, 2.05) is 25.1 Å². The fraction of sp³-hybridized carbons (Fsp3) is 0.600. The van der Waals surface area contributed by atoms with Crippen LogP contribution in [0.5, 0.6) is 0 Å². The summed E-state index contributed by atoms with van der Waals surface area (Å²) in [5, 5.41) is 20.5. The van der Waals surface area contributed by atoms with E-state index in [0.717, 1.165) is 19.6 Å². The molecule has 4 heteroatoms. The first kappa shape index (κ1) is 11.7. The Hall–Kier alpha value is -1.10. The van der Waals surface area contributed by atoms with Crippen molar-refractivity contribution in [1.29, 1.82) is 0 Å². The van der Waals surface area contributed by atoms with Crippen LogP contribution in [0.15, 0.2) is 30.3 Å². The highest BCUT2D eigenvalue weighted by Crippen LogP contribution is 2.53. The number of aliphatic hydroxyl groups excluding tert-OH is 2. The molecule has 0 aliphatic carbocycles. The maximum atomic E-state index is 10.4. The van der Waals surface area contributed by atoms with Crippen molar-refractivity contribution in [3.63, 3.8) is 0 Å².